The predicted molar refractivity (Wildman–Crippen MR) is 55.1 cm³/mol. The molecule has 0 fully saturated rings. The number of hydrogen-bond donors (Lipinski definition) is 1. The molecule has 0 spiro atoms. The number of hydrogen-bond acceptors (Lipinski definition) is 2. The lowest BCUT2D eigenvalue weighted by Crippen LogP contribution is -2.06. The standard InChI is InChI=1S/C10H11N2P/c11-6-7-2-1-3-9-8(7)4-5-10(9)12-13/h1-3,10,12H,4-5,13H2/t10-/m1/s1. The summed E-state index contributed by atoms with van der Waals surface area (Å²) >= 11 is 0. The fourth-order valence-electron chi connectivity index (χ4n) is 1.93. The number of nitriles is 1. The molecule has 0 radical (unpaired) electrons. The van der Waals surface area contributed by atoms with E-state index in [0.29, 0.717) is 6.04 Å². The molecule has 1 unspecified atom stereocenters. The second-order valence-electron chi connectivity index (χ2n) is 3.24. The van der Waals surface area contributed by atoms with Gasteiger partial charge in [0.05, 0.1) is 11.6 Å². The number of rotatable bonds is 1. The summed E-state index contributed by atoms with van der Waals surface area (Å²) in [5.74, 6) is 0. The lowest BCUT2D eigenvalue weighted by molar-refractivity contribution is 0.667. The Balaban J connectivity index is 2.50. The molecule has 2 rings (SSSR count). The minimum Gasteiger partial charge on any atom is -0.294 e. The molecule has 13 heavy (non-hydrogen) atoms. The first kappa shape index (κ1) is 8.69. The summed E-state index contributed by atoms with van der Waals surface area (Å²) in [7, 11) is 2.54. The zero-order chi connectivity index (χ0) is 9.26. The van der Waals surface area contributed by atoms with Crippen LogP contribution >= 0.6 is 9.39 Å². The van der Waals surface area contributed by atoms with Crippen LogP contribution in [0.25, 0.3) is 0 Å². The monoisotopic (exact) mass is 190 g/mol. The van der Waals surface area contributed by atoms with Crippen molar-refractivity contribution in [2.45, 2.75) is 18.9 Å². The van der Waals surface area contributed by atoms with Crippen molar-refractivity contribution in [1.29, 1.82) is 5.26 Å². The van der Waals surface area contributed by atoms with E-state index >= 15 is 0 Å². The molecule has 66 valence electrons. The Kier molecular flexibility index (Phi) is 2.31. The molecule has 1 aromatic rings. The fraction of sp³-hybridized carbons (Fsp3) is 0.300. The van der Waals surface area contributed by atoms with Crippen LogP contribution in [0.4, 0.5) is 0 Å². The lowest BCUT2D eigenvalue weighted by Gasteiger charge is -2.09. The molecule has 1 aliphatic carbocycles. The van der Waals surface area contributed by atoms with Crippen molar-refractivity contribution in [1.82, 2.24) is 5.09 Å². The van der Waals surface area contributed by atoms with Gasteiger partial charge in [0.2, 0.25) is 0 Å². The highest BCUT2D eigenvalue weighted by Crippen LogP contribution is 2.33. The third kappa shape index (κ3) is 1.35. The summed E-state index contributed by atoms with van der Waals surface area (Å²) < 4.78 is 0. The molecule has 2 nitrogen and oxygen atoms in total. The van der Waals surface area contributed by atoms with Crippen LogP contribution in [0, 0.1) is 11.3 Å². The quantitative estimate of drug-likeness (QED) is 0.687. The lowest BCUT2D eigenvalue weighted by atomic mass is 10.0. The van der Waals surface area contributed by atoms with E-state index in [9.17, 15) is 0 Å². The topological polar surface area (TPSA) is 35.8 Å². The van der Waals surface area contributed by atoms with E-state index in [2.05, 4.69) is 26.6 Å². The third-order valence-corrected chi connectivity index (χ3v) is 2.99. The largest absolute Gasteiger partial charge is 0.294 e. The summed E-state index contributed by atoms with van der Waals surface area (Å²) in [4.78, 5) is 0. The van der Waals surface area contributed by atoms with Crippen LogP contribution < -0.4 is 5.09 Å². The van der Waals surface area contributed by atoms with Crippen LogP contribution in [0.1, 0.15) is 29.2 Å². The molecule has 0 bridgehead atoms. The van der Waals surface area contributed by atoms with Gasteiger partial charge in [-0.3, -0.25) is 5.09 Å². The Labute approximate surface area is 80.2 Å². The highest BCUT2D eigenvalue weighted by molar-refractivity contribution is 7.13. The number of fused-ring (bicyclic) bond motifs is 1. The first-order valence-electron chi connectivity index (χ1n) is 4.35. The highest BCUT2D eigenvalue weighted by atomic mass is 31.0. The maximum atomic E-state index is 8.89. The van der Waals surface area contributed by atoms with Crippen LogP contribution in [0.3, 0.4) is 0 Å². The molecule has 0 amide bonds. The van der Waals surface area contributed by atoms with Gasteiger partial charge in [-0.15, -0.1) is 0 Å². The van der Waals surface area contributed by atoms with Gasteiger partial charge in [0, 0.05) is 6.04 Å². The molecule has 0 saturated heterocycles. The third-order valence-electron chi connectivity index (χ3n) is 2.59. The summed E-state index contributed by atoms with van der Waals surface area (Å²) in [6.45, 7) is 0. The van der Waals surface area contributed by atoms with Crippen molar-refractivity contribution in [3.8, 4) is 6.07 Å². The van der Waals surface area contributed by atoms with Gasteiger partial charge >= 0.3 is 0 Å². The fourth-order valence-corrected chi connectivity index (χ4v) is 2.28. The molecule has 0 aliphatic heterocycles. The normalized spacial score (nSPS) is 19.5. The van der Waals surface area contributed by atoms with Crippen LogP contribution in [0.2, 0.25) is 0 Å². The minimum atomic E-state index is 0.410. The predicted octanol–water partition coefficient (Wildman–Crippen LogP) is 1.93. The van der Waals surface area contributed by atoms with Crippen molar-refractivity contribution in [3.63, 3.8) is 0 Å². The van der Waals surface area contributed by atoms with Crippen molar-refractivity contribution in [3.05, 3.63) is 34.9 Å². The van der Waals surface area contributed by atoms with E-state index in [0.717, 1.165) is 18.4 Å². The summed E-state index contributed by atoms with van der Waals surface area (Å²) in [6, 6.07) is 8.60. The van der Waals surface area contributed by atoms with Gasteiger partial charge in [0.25, 0.3) is 0 Å². The number of benzene rings is 1. The molecular formula is C10H11N2P. The van der Waals surface area contributed by atoms with Gasteiger partial charge in [-0.05, 0) is 30.0 Å². The van der Waals surface area contributed by atoms with Gasteiger partial charge in [-0.2, -0.15) is 5.26 Å². The van der Waals surface area contributed by atoms with Crippen LogP contribution in [0.5, 0.6) is 0 Å². The van der Waals surface area contributed by atoms with Crippen molar-refractivity contribution in [2.24, 2.45) is 0 Å². The van der Waals surface area contributed by atoms with Crippen molar-refractivity contribution in [2.75, 3.05) is 0 Å². The van der Waals surface area contributed by atoms with Gasteiger partial charge in [0.15, 0.2) is 0 Å². The van der Waals surface area contributed by atoms with Crippen LogP contribution in [0.15, 0.2) is 18.2 Å². The maximum Gasteiger partial charge on any atom is 0.0994 e. The van der Waals surface area contributed by atoms with Gasteiger partial charge in [-0.1, -0.05) is 21.5 Å². The molecule has 1 N–H and O–H groups in total. The molecule has 0 aromatic heterocycles. The summed E-state index contributed by atoms with van der Waals surface area (Å²) in [6.07, 6.45) is 2.11. The summed E-state index contributed by atoms with van der Waals surface area (Å²) in [5, 5.41) is 12.1. The first-order valence-corrected chi connectivity index (χ1v) is 4.92. The van der Waals surface area contributed by atoms with Crippen molar-refractivity contribution < 1.29 is 0 Å². The Bertz CT molecular complexity index is 368. The highest BCUT2D eigenvalue weighted by Gasteiger charge is 2.22. The average molecular weight is 190 g/mol. The van der Waals surface area contributed by atoms with E-state index in [1.54, 1.807) is 0 Å². The minimum absolute atomic E-state index is 0.410. The number of nitrogens with one attached hydrogen (secondary N) is 1. The van der Waals surface area contributed by atoms with Gasteiger partial charge in [-0.25, -0.2) is 0 Å². The van der Waals surface area contributed by atoms with Crippen molar-refractivity contribution >= 4 is 9.39 Å². The molecule has 2 atom stereocenters. The van der Waals surface area contributed by atoms with E-state index in [1.807, 2.05) is 12.1 Å². The zero-order valence-electron chi connectivity index (χ0n) is 7.25. The van der Waals surface area contributed by atoms with Gasteiger partial charge in [0.1, 0.15) is 0 Å². The molecule has 3 heteroatoms. The molecule has 0 saturated carbocycles. The van der Waals surface area contributed by atoms with E-state index in [4.69, 9.17) is 5.26 Å². The summed E-state index contributed by atoms with van der Waals surface area (Å²) in [5.41, 5.74) is 3.35. The van der Waals surface area contributed by atoms with E-state index in [-0.39, 0.29) is 0 Å². The zero-order valence-corrected chi connectivity index (χ0v) is 8.40. The Hall–Kier alpha value is -0.900. The SMILES string of the molecule is N#Cc1cccc2c1CC[C@H]2NP. The Morgan fingerprint density at radius 1 is 1.54 bits per heavy atom. The van der Waals surface area contributed by atoms with Crippen LogP contribution in [-0.4, -0.2) is 0 Å². The second-order valence-corrected chi connectivity index (χ2v) is 3.58. The van der Waals surface area contributed by atoms with E-state index < -0.39 is 0 Å². The Morgan fingerprint density at radius 3 is 3.08 bits per heavy atom. The molecule has 1 aromatic carbocycles. The molecule has 0 heterocycles. The Morgan fingerprint density at radius 2 is 2.38 bits per heavy atom. The first-order chi connectivity index (χ1) is 6.36. The average Bonchev–Trinajstić information content (AvgIpc) is 2.60. The smallest absolute Gasteiger partial charge is 0.0994 e. The second kappa shape index (κ2) is 3.46. The van der Waals surface area contributed by atoms with Gasteiger partial charge < -0.3 is 0 Å². The van der Waals surface area contributed by atoms with Crippen LogP contribution in [-0.2, 0) is 6.42 Å². The molecule has 1 aliphatic rings. The number of nitrogens with zero attached hydrogens (tertiary/aromatic N) is 1. The molecular weight excluding hydrogens is 179 g/mol. The maximum absolute atomic E-state index is 8.89. The van der Waals surface area contributed by atoms with E-state index in [1.165, 1.54) is 11.1 Å².